The van der Waals surface area contributed by atoms with Crippen LogP contribution in [0.3, 0.4) is 0 Å². The van der Waals surface area contributed by atoms with Gasteiger partial charge in [-0.2, -0.15) is 0 Å². The van der Waals surface area contributed by atoms with E-state index in [2.05, 4.69) is 52.9 Å². The quantitative estimate of drug-likeness (QED) is 0.502. The van der Waals surface area contributed by atoms with Crippen LogP contribution in [-0.4, -0.2) is 21.7 Å². The lowest BCUT2D eigenvalue weighted by molar-refractivity contribution is 0.103. The third-order valence-electron chi connectivity index (χ3n) is 3.98. The third-order valence-corrected chi connectivity index (χ3v) is 6.65. The number of aromatic nitrogens is 2. The van der Waals surface area contributed by atoms with E-state index in [9.17, 15) is 4.79 Å². The Kier molecular flexibility index (Phi) is 6.26. The Morgan fingerprint density at radius 3 is 2.74 bits per heavy atom. The van der Waals surface area contributed by atoms with E-state index in [-0.39, 0.29) is 5.91 Å². The Balaban J connectivity index is 1.88. The van der Waals surface area contributed by atoms with Crippen molar-refractivity contribution in [3.8, 4) is 10.4 Å². The second kappa shape index (κ2) is 8.65. The molecule has 7 heteroatoms. The number of benzene rings is 1. The van der Waals surface area contributed by atoms with Crippen LogP contribution in [0, 0.1) is 13.8 Å². The summed E-state index contributed by atoms with van der Waals surface area (Å²) >= 11 is 4.36. The van der Waals surface area contributed by atoms with Crippen LogP contribution in [-0.2, 0) is 0 Å². The minimum absolute atomic E-state index is 0.167. The molecule has 138 valence electrons. The molecule has 0 saturated heterocycles. The van der Waals surface area contributed by atoms with E-state index in [4.69, 9.17) is 0 Å². The minimum Gasteiger partial charge on any atom is -0.313 e. The summed E-state index contributed by atoms with van der Waals surface area (Å²) < 4.78 is 3.82. The molecule has 4 nitrogen and oxygen atoms in total. The molecule has 0 saturated carbocycles. The van der Waals surface area contributed by atoms with Crippen molar-refractivity contribution in [1.29, 1.82) is 0 Å². The van der Waals surface area contributed by atoms with Crippen molar-refractivity contribution < 1.29 is 4.79 Å². The highest BCUT2D eigenvalue weighted by Gasteiger charge is 2.15. The van der Waals surface area contributed by atoms with Crippen molar-refractivity contribution in [2.45, 2.75) is 13.8 Å². The minimum atomic E-state index is -0.167. The van der Waals surface area contributed by atoms with E-state index in [1.54, 1.807) is 36.1 Å². The van der Waals surface area contributed by atoms with Crippen LogP contribution in [0.15, 0.2) is 49.1 Å². The lowest BCUT2D eigenvalue weighted by Gasteiger charge is -2.09. The first-order chi connectivity index (χ1) is 13.0. The number of nitrogens with zero attached hydrogens (tertiary/aromatic N) is 2. The van der Waals surface area contributed by atoms with Gasteiger partial charge in [-0.3, -0.25) is 4.79 Å². The highest BCUT2D eigenvalue weighted by molar-refractivity contribution is 8.07. The molecule has 1 amide bonds. The molecule has 3 rings (SSSR count). The number of aryl methyl sites for hydroxylation is 2. The average molecular weight is 414 g/mol. The first-order valence-corrected chi connectivity index (χ1v) is 11.0. The number of hydrogen-bond acceptors (Lipinski definition) is 6. The van der Waals surface area contributed by atoms with Crippen molar-refractivity contribution in [2.75, 3.05) is 11.6 Å². The summed E-state index contributed by atoms with van der Waals surface area (Å²) in [4.78, 5) is 15.2. The predicted molar refractivity (Wildman–Crippen MR) is 119 cm³/mol. The van der Waals surface area contributed by atoms with Crippen molar-refractivity contribution in [3.63, 3.8) is 0 Å². The maximum absolute atomic E-state index is 12.4. The van der Waals surface area contributed by atoms with Crippen molar-refractivity contribution in [1.82, 2.24) is 9.59 Å². The summed E-state index contributed by atoms with van der Waals surface area (Å²) in [7, 11) is 0. The van der Waals surface area contributed by atoms with E-state index in [1.807, 2.05) is 18.2 Å². The number of allylic oxidation sites excluding steroid dienone is 2. The fourth-order valence-corrected chi connectivity index (χ4v) is 4.72. The van der Waals surface area contributed by atoms with Gasteiger partial charge < -0.3 is 5.32 Å². The molecule has 2 heterocycles. The predicted octanol–water partition coefficient (Wildman–Crippen LogP) is 6.03. The molecular formula is C20H19N3OS3. The van der Waals surface area contributed by atoms with E-state index in [0.717, 1.165) is 32.5 Å². The molecule has 1 aromatic carbocycles. The summed E-state index contributed by atoms with van der Waals surface area (Å²) in [5.74, 6) is -0.167. The topological polar surface area (TPSA) is 54.9 Å². The maximum atomic E-state index is 12.4. The highest BCUT2D eigenvalue weighted by Crippen LogP contribution is 2.36. The molecule has 2 aromatic heterocycles. The first-order valence-electron chi connectivity index (χ1n) is 8.21. The van der Waals surface area contributed by atoms with Crippen LogP contribution >= 0.6 is 34.6 Å². The SMILES string of the molecule is C=C/C=C(\SC)c1ccc(C)c(-c2ccc(NC(=O)c3snnc3C)s2)c1. The van der Waals surface area contributed by atoms with Crippen molar-refractivity contribution in [2.24, 2.45) is 0 Å². The average Bonchev–Trinajstić information content (AvgIpc) is 3.29. The zero-order chi connectivity index (χ0) is 19.4. The summed E-state index contributed by atoms with van der Waals surface area (Å²) in [6.07, 6.45) is 5.88. The lowest BCUT2D eigenvalue weighted by atomic mass is 10.0. The summed E-state index contributed by atoms with van der Waals surface area (Å²) in [6, 6.07) is 10.4. The molecule has 3 aromatic rings. The normalized spacial score (nSPS) is 11.4. The van der Waals surface area contributed by atoms with Gasteiger partial charge in [0.2, 0.25) is 0 Å². The number of amides is 1. The summed E-state index contributed by atoms with van der Waals surface area (Å²) in [5.41, 5.74) is 4.17. The van der Waals surface area contributed by atoms with Gasteiger partial charge in [0.1, 0.15) is 4.88 Å². The smallest absolute Gasteiger partial charge is 0.269 e. The number of hydrogen-bond donors (Lipinski definition) is 1. The molecule has 0 aliphatic rings. The van der Waals surface area contributed by atoms with Gasteiger partial charge in [0, 0.05) is 9.78 Å². The van der Waals surface area contributed by atoms with E-state index in [0.29, 0.717) is 10.6 Å². The monoisotopic (exact) mass is 413 g/mol. The number of rotatable bonds is 6. The first kappa shape index (κ1) is 19.5. The second-order valence-electron chi connectivity index (χ2n) is 5.81. The molecule has 0 bridgehead atoms. The Hall–Kier alpha value is -2.22. The molecule has 0 fully saturated rings. The zero-order valence-corrected chi connectivity index (χ0v) is 17.7. The number of anilines is 1. The molecule has 0 aliphatic carbocycles. The molecule has 0 radical (unpaired) electrons. The fourth-order valence-electron chi connectivity index (χ4n) is 2.59. The molecule has 1 N–H and O–H groups in total. The number of carbonyl (C=O) groups excluding carboxylic acids is 1. The van der Waals surface area contributed by atoms with E-state index in [1.165, 1.54) is 10.5 Å². The second-order valence-corrected chi connectivity index (χ2v) is 8.49. The standard InChI is InChI=1S/C20H19N3OS3/c1-5-6-16(25-4)14-8-7-12(2)15(11-14)17-9-10-18(26-17)21-20(24)19-13(3)22-23-27-19/h5-11H,1H2,2-4H3,(H,21,24)/b16-6-. The van der Waals surface area contributed by atoms with Crippen LogP contribution < -0.4 is 5.32 Å². The van der Waals surface area contributed by atoms with Gasteiger partial charge in [0.05, 0.1) is 10.7 Å². The van der Waals surface area contributed by atoms with Gasteiger partial charge in [0.25, 0.3) is 5.91 Å². The Labute approximate surface area is 171 Å². The van der Waals surface area contributed by atoms with Crippen LogP contribution in [0.2, 0.25) is 0 Å². The number of thiophene rings is 1. The van der Waals surface area contributed by atoms with Crippen LogP contribution in [0.25, 0.3) is 15.3 Å². The molecule has 0 unspecified atom stereocenters. The number of carbonyl (C=O) groups is 1. The Bertz CT molecular complexity index is 1020. The van der Waals surface area contributed by atoms with Crippen LogP contribution in [0.5, 0.6) is 0 Å². The maximum Gasteiger partial charge on any atom is 0.269 e. The van der Waals surface area contributed by atoms with Gasteiger partial charge >= 0.3 is 0 Å². The van der Waals surface area contributed by atoms with Gasteiger partial charge in [-0.15, -0.1) is 28.2 Å². The molecular weight excluding hydrogens is 394 g/mol. The molecule has 0 atom stereocenters. The molecule has 0 aliphatic heterocycles. The van der Waals surface area contributed by atoms with Gasteiger partial charge in [0.15, 0.2) is 0 Å². The van der Waals surface area contributed by atoms with Crippen molar-refractivity contribution >= 4 is 50.4 Å². The fraction of sp³-hybridized carbons (Fsp3) is 0.150. The number of thioether (sulfide) groups is 1. The van der Waals surface area contributed by atoms with E-state index < -0.39 is 0 Å². The van der Waals surface area contributed by atoms with Crippen LogP contribution in [0.4, 0.5) is 5.00 Å². The highest BCUT2D eigenvalue weighted by atomic mass is 32.2. The van der Waals surface area contributed by atoms with Gasteiger partial charge in [-0.1, -0.05) is 29.3 Å². The largest absolute Gasteiger partial charge is 0.313 e. The molecule has 27 heavy (non-hydrogen) atoms. The lowest BCUT2D eigenvalue weighted by Crippen LogP contribution is -2.10. The Morgan fingerprint density at radius 2 is 2.07 bits per heavy atom. The van der Waals surface area contributed by atoms with E-state index >= 15 is 0 Å². The van der Waals surface area contributed by atoms with Crippen molar-refractivity contribution in [3.05, 3.63) is 70.8 Å². The Morgan fingerprint density at radius 1 is 1.26 bits per heavy atom. The van der Waals surface area contributed by atoms with Crippen LogP contribution in [0.1, 0.15) is 26.5 Å². The van der Waals surface area contributed by atoms with Gasteiger partial charge in [-0.05, 0) is 72.6 Å². The third kappa shape index (κ3) is 4.37. The molecule has 0 spiro atoms. The number of nitrogens with one attached hydrogen (secondary N) is 1. The zero-order valence-electron chi connectivity index (χ0n) is 15.3. The van der Waals surface area contributed by atoms with Gasteiger partial charge in [-0.25, -0.2) is 0 Å². The summed E-state index contributed by atoms with van der Waals surface area (Å²) in [5, 5.41) is 7.64. The summed E-state index contributed by atoms with van der Waals surface area (Å²) in [6.45, 7) is 7.68.